The number of carboxylic acid groups (broad SMARTS) is 1. The summed E-state index contributed by atoms with van der Waals surface area (Å²) in [4.78, 5) is 24.9. The number of hydrogen-bond donors (Lipinski definition) is 1. The number of rotatable bonds is 4. The van der Waals surface area contributed by atoms with Crippen molar-refractivity contribution in [1.29, 1.82) is 0 Å². The van der Waals surface area contributed by atoms with E-state index in [1.54, 1.807) is 0 Å². The average molecular weight is 378 g/mol. The lowest BCUT2D eigenvalue weighted by atomic mass is 9.98. The van der Waals surface area contributed by atoms with E-state index in [2.05, 4.69) is 17.3 Å². The van der Waals surface area contributed by atoms with E-state index in [1.807, 2.05) is 36.4 Å². The van der Waals surface area contributed by atoms with Crippen LogP contribution in [0.3, 0.4) is 0 Å². The van der Waals surface area contributed by atoms with Crippen molar-refractivity contribution in [2.75, 3.05) is 18.6 Å². The molecular formula is C21H18N2O5. The number of aromatic nitrogens is 1. The maximum absolute atomic E-state index is 12.5. The standard InChI is InChI=1S/C21H18N2O5/c1-12-18(20(24)25)19(28-22-12)23(2)21(26)27-11-17-15-9-5-3-7-13(15)14-8-4-6-10-16(14)17/h3-10,17H,11H2,1-2H3,(H,24,25). The predicted octanol–water partition coefficient (Wildman–Crippen LogP) is 4.07. The highest BCUT2D eigenvalue weighted by Crippen LogP contribution is 2.44. The Morgan fingerprint density at radius 3 is 2.25 bits per heavy atom. The minimum absolute atomic E-state index is 0.0832. The number of carbonyl (C=O) groups excluding carboxylic acids is 1. The molecule has 0 atom stereocenters. The van der Waals surface area contributed by atoms with Crippen molar-refractivity contribution in [3.05, 3.63) is 70.9 Å². The fraction of sp³-hybridized carbons (Fsp3) is 0.190. The van der Waals surface area contributed by atoms with Gasteiger partial charge in [-0.15, -0.1) is 0 Å². The smallest absolute Gasteiger partial charge is 0.416 e. The monoisotopic (exact) mass is 378 g/mol. The zero-order chi connectivity index (χ0) is 19.8. The number of amides is 1. The summed E-state index contributed by atoms with van der Waals surface area (Å²) in [6.45, 7) is 1.63. The van der Waals surface area contributed by atoms with Crippen molar-refractivity contribution in [2.45, 2.75) is 12.8 Å². The molecule has 142 valence electrons. The van der Waals surface area contributed by atoms with Gasteiger partial charge in [-0.1, -0.05) is 53.7 Å². The van der Waals surface area contributed by atoms with Gasteiger partial charge in [-0.25, -0.2) is 14.5 Å². The van der Waals surface area contributed by atoms with Crippen LogP contribution in [0.15, 0.2) is 53.1 Å². The van der Waals surface area contributed by atoms with Crippen LogP contribution in [0.4, 0.5) is 10.7 Å². The van der Waals surface area contributed by atoms with E-state index in [0.717, 1.165) is 27.2 Å². The predicted molar refractivity (Wildman–Crippen MR) is 102 cm³/mol. The molecule has 0 spiro atoms. The Kier molecular flexibility index (Phi) is 4.35. The molecule has 3 aromatic rings. The van der Waals surface area contributed by atoms with Crippen molar-refractivity contribution in [2.24, 2.45) is 0 Å². The Labute approximate surface area is 161 Å². The van der Waals surface area contributed by atoms with Gasteiger partial charge in [-0.05, 0) is 29.2 Å². The molecule has 7 nitrogen and oxygen atoms in total. The number of hydrogen-bond acceptors (Lipinski definition) is 5. The van der Waals surface area contributed by atoms with Gasteiger partial charge in [-0.2, -0.15) is 0 Å². The lowest BCUT2D eigenvalue weighted by Gasteiger charge is -2.18. The molecule has 0 bridgehead atoms. The first kappa shape index (κ1) is 17.8. The minimum atomic E-state index is -1.22. The molecule has 1 heterocycles. The van der Waals surface area contributed by atoms with Crippen molar-refractivity contribution in [1.82, 2.24) is 5.16 Å². The highest BCUT2D eigenvalue weighted by atomic mass is 16.6. The Bertz CT molecular complexity index is 1030. The van der Waals surface area contributed by atoms with E-state index in [0.29, 0.717) is 0 Å². The second-order valence-electron chi connectivity index (χ2n) is 6.62. The lowest BCUT2D eigenvalue weighted by Crippen LogP contribution is -2.29. The number of nitrogens with zero attached hydrogens (tertiary/aromatic N) is 2. The molecule has 0 saturated carbocycles. The third-order valence-electron chi connectivity index (χ3n) is 4.97. The maximum atomic E-state index is 12.5. The summed E-state index contributed by atoms with van der Waals surface area (Å²) < 4.78 is 10.5. The summed E-state index contributed by atoms with van der Waals surface area (Å²) in [5.74, 6) is -1.45. The second-order valence-corrected chi connectivity index (χ2v) is 6.62. The van der Waals surface area contributed by atoms with E-state index in [1.165, 1.54) is 14.0 Å². The number of anilines is 1. The molecule has 1 aliphatic carbocycles. The molecule has 4 rings (SSSR count). The van der Waals surface area contributed by atoms with Gasteiger partial charge in [0.25, 0.3) is 5.88 Å². The Morgan fingerprint density at radius 1 is 1.11 bits per heavy atom. The molecule has 1 N–H and O–H groups in total. The van der Waals surface area contributed by atoms with E-state index in [4.69, 9.17) is 9.26 Å². The topological polar surface area (TPSA) is 92.9 Å². The number of fused-ring (bicyclic) bond motifs is 3. The Hall–Kier alpha value is -3.61. The number of ether oxygens (including phenoxy) is 1. The third kappa shape index (κ3) is 2.81. The number of benzene rings is 2. The minimum Gasteiger partial charge on any atom is -0.477 e. The largest absolute Gasteiger partial charge is 0.477 e. The van der Waals surface area contributed by atoms with Gasteiger partial charge in [-0.3, -0.25) is 0 Å². The molecule has 1 aromatic heterocycles. The first-order valence-corrected chi connectivity index (χ1v) is 8.77. The van der Waals surface area contributed by atoms with Crippen molar-refractivity contribution in [3.63, 3.8) is 0 Å². The maximum Gasteiger partial charge on any atom is 0.416 e. The number of carbonyl (C=O) groups is 2. The van der Waals surface area contributed by atoms with Crippen LogP contribution < -0.4 is 4.90 Å². The van der Waals surface area contributed by atoms with E-state index < -0.39 is 12.1 Å². The van der Waals surface area contributed by atoms with Gasteiger partial charge in [0.2, 0.25) is 0 Å². The van der Waals surface area contributed by atoms with Gasteiger partial charge < -0.3 is 14.4 Å². The first-order chi connectivity index (χ1) is 13.5. The van der Waals surface area contributed by atoms with E-state index >= 15 is 0 Å². The molecule has 1 aliphatic rings. The lowest BCUT2D eigenvalue weighted by molar-refractivity contribution is 0.0696. The van der Waals surface area contributed by atoms with Crippen LogP contribution in [0.1, 0.15) is 33.1 Å². The fourth-order valence-electron chi connectivity index (χ4n) is 3.61. The molecule has 0 radical (unpaired) electrons. The van der Waals surface area contributed by atoms with Gasteiger partial charge in [0.1, 0.15) is 12.2 Å². The molecule has 1 amide bonds. The van der Waals surface area contributed by atoms with Crippen molar-refractivity contribution in [3.8, 4) is 11.1 Å². The normalized spacial score (nSPS) is 12.4. The highest BCUT2D eigenvalue weighted by molar-refractivity contribution is 5.98. The molecule has 0 unspecified atom stereocenters. The zero-order valence-corrected chi connectivity index (χ0v) is 15.4. The van der Waals surface area contributed by atoms with Gasteiger partial charge in [0, 0.05) is 13.0 Å². The summed E-state index contributed by atoms with van der Waals surface area (Å²) in [6, 6.07) is 16.1. The van der Waals surface area contributed by atoms with Crippen LogP contribution in [0.5, 0.6) is 0 Å². The van der Waals surface area contributed by atoms with Crippen LogP contribution in [0, 0.1) is 6.92 Å². The molecule has 7 heteroatoms. The quantitative estimate of drug-likeness (QED) is 0.736. The molecule has 2 aromatic carbocycles. The number of aryl methyl sites for hydroxylation is 1. The zero-order valence-electron chi connectivity index (χ0n) is 15.4. The fourth-order valence-corrected chi connectivity index (χ4v) is 3.61. The Balaban J connectivity index is 1.55. The van der Waals surface area contributed by atoms with Crippen LogP contribution in [-0.2, 0) is 4.74 Å². The summed E-state index contributed by atoms with van der Waals surface area (Å²) in [5.41, 5.74) is 4.50. The summed E-state index contributed by atoms with van der Waals surface area (Å²) in [6.07, 6.45) is -0.708. The molecule has 0 fully saturated rings. The summed E-state index contributed by atoms with van der Waals surface area (Å²) >= 11 is 0. The third-order valence-corrected chi connectivity index (χ3v) is 4.97. The highest BCUT2D eigenvalue weighted by Gasteiger charge is 2.31. The summed E-state index contributed by atoms with van der Waals surface area (Å²) in [5, 5.41) is 12.9. The number of carboxylic acids is 1. The van der Waals surface area contributed by atoms with Crippen LogP contribution in [-0.4, -0.2) is 36.0 Å². The SMILES string of the molecule is Cc1noc(N(C)C(=O)OCC2c3ccccc3-c3ccccc32)c1C(=O)O. The van der Waals surface area contributed by atoms with E-state index in [-0.39, 0.29) is 29.7 Å². The van der Waals surface area contributed by atoms with Crippen LogP contribution >= 0.6 is 0 Å². The van der Waals surface area contributed by atoms with Crippen LogP contribution in [0.2, 0.25) is 0 Å². The Morgan fingerprint density at radius 2 is 1.68 bits per heavy atom. The van der Waals surface area contributed by atoms with Gasteiger partial charge in [0.05, 0.1) is 5.69 Å². The van der Waals surface area contributed by atoms with Gasteiger partial charge in [0.15, 0.2) is 0 Å². The molecular weight excluding hydrogens is 360 g/mol. The number of aromatic carboxylic acids is 1. The van der Waals surface area contributed by atoms with E-state index in [9.17, 15) is 14.7 Å². The molecule has 0 saturated heterocycles. The second kappa shape index (κ2) is 6.84. The van der Waals surface area contributed by atoms with Gasteiger partial charge >= 0.3 is 12.1 Å². The molecule has 28 heavy (non-hydrogen) atoms. The first-order valence-electron chi connectivity index (χ1n) is 8.77. The van der Waals surface area contributed by atoms with Crippen LogP contribution in [0.25, 0.3) is 11.1 Å². The average Bonchev–Trinajstić information content (AvgIpc) is 3.24. The summed E-state index contributed by atoms with van der Waals surface area (Å²) in [7, 11) is 1.39. The van der Waals surface area contributed by atoms with Crippen molar-refractivity contribution < 1.29 is 24.0 Å². The van der Waals surface area contributed by atoms with Crippen molar-refractivity contribution >= 4 is 17.9 Å². The molecule has 0 aliphatic heterocycles.